The Morgan fingerprint density at radius 2 is 0.786 bits per heavy atom. The molecule has 14 heteroatoms. The molecule has 0 spiro atoms. The number of rotatable bonds is 37. The number of ether oxygens (including phenoxy) is 7. The lowest BCUT2D eigenvalue weighted by Crippen LogP contribution is -2.31. The fraction of sp³-hybridized carbons (Fsp3) is 0.857. The molecule has 0 saturated carbocycles. The summed E-state index contributed by atoms with van der Waals surface area (Å²) in [6.07, 6.45) is 11.4. The number of unbranched alkanes of at least 4 members (excludes halogenated alkanes) is 10. The molecule has 0 fully saturated rings. The van der Waals surface area contributed by atoms with Crippen LogP contribution in [0.25, 0.3) is 0 Å². The number of hydrogen-bond donors (Lipinski definition) is 0. The van der Waals surface area contributed by atoms with Crippen LogP contribution in [0.2, 0.25) is 0 Å². The van der Waals surface area contributed by atoms with Crippen molar-refractivity contribution in [2.24, 2.45) is 0 Å². The average molecular weight is 802 g/mol. The predicted molar refractivity (Wildman–Crippen MR) is 212 cm³/mol. The minimum atomic E-state index is -1.02. The standard InChI is InChI=1S/C42H75NO13/c1-7-10-12-14-16-18-22-38(45)52-32-36(33-53-39(46)23-19-17-15-13-11-8-2)56-42(49)28-26-34(54-40(47)24-20-29-43(4)5)25-27-41(48)55-35(30-50-6)31-51-37(44)21-9-3/h34-36H,7-33H2,1-6H3. The lowest BCUT2D eigenvalue weighted by molar-refractivity contribution is -0.168. The summed E-state index contributed by atoms with van der Waals surface area (Å²) in [6, 6.07) is 0. The van der Waals surface area contributed by atoms with Gasteiger partial charge in [-0.05, 0) is 59.2 Å². The summed E-state index contributed by atoms with van der Waals surface area (Å²) < 4.78 is 37.9. The van der Waals surface area contributed by atoms with E-state index in [9.17, 15) is 28.8 Å². The van der Waals surface area contributed by atoms with Crippen molar-refractivity contribution in [1.29, 1.82) is 0 Å². The first-order valence-electron chi connectivity index (χ1n) is 21.1. The van der Waals surface area contributed by atoms with Gasteiger partial charge >= 0.3 is 35.8 Å². The Bertz CT molecular complexity index is 1040. The van der Waals surface area contributed by atoms with Crippen LogP contribution in [-0.4, -0.2) is 113 Å². The lowest BCUT2D eigenvalue weighted by atomic mass is 10.1. The van der Waals surface area contributed by atoms with Gasteiger partial charge in [-0.3, -0.25) is 28.8 Å². The maximum Gasteiger partial charge on any atom is 0.306 e. The van der Waals surface area contributed by atoms with Gasteiger partial charge in [0.05, 0.1) is 6.61 Å². The fourth-order valence-electron chi connectivity index (χ4n) is 5.59. The van der Waals surface area contributed by atoms with Gasteiger partial charge in [0.25, 0.3) is 0 Å². The normalized spacial score (nSPS) is 12.2. The van der Waals surface area contributed by atoms with Gasteiger partial charge in [-0.15, -0.1) is 0 Å². The summed E-state index contributed by atoms with van der Waals surface area (Å²) in [5, 5.41) is 0. The smallest absolute Gasteiger partial charge is 0.306 e. The Kier molecular flexibility index (Phi) is 34.0. The van der Waals surface area contributed by atoms with E-state index in [4.69, 9.17) is 33.2 Å². The SMILES string of the molecule is CCCCCCCCC(=O)OCC(COC(=O)CCCCCCCC)OC(=O)CCC(CCC(=O)OC(COC)COC(=O)CCC)OC(=O)CCCN(C)C. The molecule has 0 rings (SSSR count). The van der Waals surface area contributed by atoms with Crippen LogP contribution in [0.15, 0.2) is 0 Å². The average Bonchev–Trinajstić information content (AvgIpc) is 3.15. The van der Waals surface area contributed by atoms with E-state index >= 15 is 0 Å². The second-order valence-corrected chi connectivity index (χ2v) is 14.6. The maximum atomic E-state index is 13.1. The molecule has 14 nitrogen and oxygen atoms in total. The van der Waals surface area contributed by atoms with Crippen LogP contribution in [0, 0.1) is 0 Å². The first kappa shape index (κ1) is 52.7. The quantitative estimate of drug-likeness (QED) is 0.0351. The van der Waals surface area contributed by atoms with Crippen LogP contribution in [-0.2, 0) is 61.9 Å². The van der Waals surface area contributed by atoms with Crippen molar-refractivity contribution in [3.8, 4) is 0 Å². The van der Waals surface area contributed by atoms with Gasteiger partial charge in [0, 0.05) is 45.6 Å². The Morgan fingerprint density at radius 3 is 1.21 bits per heavy atom. The molecular weight excluding hydrogens is 726 g/mol. The van der Waals surface area contributed by atoms with Gasteiger partial charge in [-0.2, -0.15) is 0 Å². The predicted octanol–water partition coefficient (Wildman–Crippen LogP) is 7.20. The molecule has 0 aliphatic rings. The van der Waals surface area contributed by atoms with Gasteiger partial charge in [0.15, 0.2) is 12.2 Å². The zero-order valence-electron chi connectivity index (χ0n) is 35.6. The van der Waals surface area contributed by atoms with E-state index in [1.807, 2.05) is 25.9 Å². The van der Waals surface area contributed by atoms with Crippen LogP contribution in [0.5, 0.6) is 0 Å². The highest BCUT2D eigenvalue weighted by Gasteiger charge is 2.24. The number of methoxy groups -OCH3 is 1. The van der Waals surface area contributed by atoms with Crippen LogP contribution in [0.1, 0.15) is 162 Å². The summed E-state index contributed by atoms with van der Waals surface area (Å²) in [5.74, 6) is -2.98. The van der Waals surface area contributed by atoms with E-state index in [-0.39, 0.29) is 77.8 Å². The van der Waals surface area contributed by atoms with Gasteiger partial charge in [0.2, 0.25) is 0 Å². The monoisotopic (exact) mass is 802 g/mol. The third-order valence-corrected chi connectivity index (χ3v) is 8.79. The molecule has 56 heavy (non-hydrogen) atoms. The molecule has 0 aliphatic carbocycles. The molecule has 0 aromatic heterocycles. The van der Waals surface area contributed by atoms with Crippen molar-refractivity contribution in [2.45, 2.75) is 180 Å². The first-order valence-corrected chi connectivity index (χ1v) is 21.1. The summed E-state index contributed by atoms with van der Waals surface area (Å²) >= 11 is 0. The van der Waals surface area contributed by atoms with Crippen molar-refractivity contribution in [1.82, 2.24) is 4.90 Å². The molecule has 0 amide bonds. The first-order chi connectivity index (χ1) is 26.9. The molecule has 2 atom stereocenters. The van der Waals surface area contributed by atoms with E-state index in [0.717, 1.165) is 64.2 Å². The summed E-state index contributed by atoms with van der Waals surface area (Å²) in [5.41, 5.74) is 0. The second kappa shape index (κ2) is 36.1. The number of esters is 6. The summed E-state index contributed by atoms with van der Waals surface area (Å²) in [7, 11) is 5.23. The Hall–Kier alpha value is -3.26. The molecule has 0 N–H and O–H groups in total. The second-order valence-electron chi connectivity index (χ2n) is 14.6. The van der Waals surface area contributed by atoms with Crippen molar-refractivity contribution < 1.29 is 61.9 Å². The number of hydrogen-bond acceptors (Lipinski definition) is 14. The third-order valence-electron chi connectivity index (χ3n) is 8.79. The van der Waals surface area contributed by atoms with Crippen molar-refractivity contribution in [3.63, 3.8) is 0 Å². The Morgan fingerprint density at radius 1 is 0.411 bits per heavy atom. The zero-order chi connectivity index (χ0) is 41.8. The van der Waals surface area contributed by atoms with E-state index in [1.54, 1.807) is 0 Å². The van der Waals surface area contributed by atoms with E-state index < -0.39 is 54.1 Å². The van der Waals surface area contributed by atoms with E-state index in [1.165, 1.54) is 7.11 Å². The highest BCUT2D eigenvalue weighted by atomic mass is 16.6. The maximum absolute atomic E-state index is 13.1. The molecule has 326 valence electrons. The lowest BCUT2D eigenvalue weighted by Gasteiger charge is -2.21. The Labute approximate surface area is 336 Å². The van der Waals surface area contributed by atoms with Gasteiger partial charge in [-0.1, -0.05) is 85.0 Å². The molecular formula is C42H75NO13. The van der Waals surface area contributed by atoms with E-state index in [0.29, 0.717) is 32.2 Å². The van der Waals surface area contributed by atoms with Gasteiger partial charge in [-0.25, -0.2) is 0 Å². The fourth-order valence-corrected chi connectivity index (χ4v) is 5.59. The molecule has 0 aromatic rings. The third kappa shape index (κ3) is 32.9. The largest absolute Gasteiger partial charge is 0.462 e. The summed E-state index contributed by atoms with van der Waals surface area (Å²) in [6.45, 7) is 6.15. The number of nitrogens with zero attached hydrogens (tertiary/aromatic N) is 1. The molecule has 0 aliphatic heterocycles. The molecule has 2 unspecified atom stereocenters. The van der Waals surface area contributed by atoms with Crippen molar-refractivity contribution in [3.05, 3.63) is 0 Å². The van der Waals surface area contributed by atoms with Crippen LogP contribution < -0.4 is 0 Å². The topological polar surface area (TPSA) is 170 Å². The minimum absolute atomic E-state index is 0.0190. The van der Waals surface area contributed by atoms with E-state index in [2.05, 4.69) is 13.8 Å². The van der Waals surface area contributed by atoms with Crippen molar-refractivity contribution >= 4 is 35.8 Å². The van der Waals surface area contributed by atoms with Gasteiger partial charge in [0.1, 0.15) is 25.9 Å². The highest BCUT2D eigenvalue weighted by Crippen LogP contribution is 2.16. The minimum Gasteiger partial charge on any atom is -0.462 e. The molecule has 0 saturated heterocycles. The van der Waals surface area contributed by atoms with Crippen LogP contribution >= 0.6 is 0 Å². The zero-order valence-corrected chi connectivity index (χ0v) is 35.6. The molecule has 0 heterocycles. The number of carbonyl (C=O) groups excluding carboxylic acids is 6. The molecule has 0 aromatic carbocycles. The number of carbonyl (C=O) groups is 6. The van der Waals surface area contributed by atoms with Crippen LogP contribution in [0.3, 0.4) is 0 Å². The van der Waals surface area contributed by atoms with Crippen LogP contribution in [0.4, 0.5) is 0 Å². The van der Waals surface area contributed by atoms with Crippen molar-refractivity contribution in [2.75, 3.05) is 54.2 Å². The molecule has 0 radical (unpaired) electrons. The summed E-state index contributed by atoms with van der Waals surface area (Å²) in [4.78, 5) is 77.3. The Balaban J connectivity index is 5.40. The van der Waals surface area contributed by atoms with Gasteiger partial charge < -0.3 is 38.1 Å². The highest BCUT2D eigenvalue weighted by molar-refractivity contribution is 5.72. The molecule has 0 bridgehead atoms.